The summed E-state index contributed by atoms with van der Waals surface area (Å²) in [5, 5.41) is 3.23. The van der Waals surface area contributed by atoms with Crippen molar-refractivity contribution < 1.29 is 17.9 Å². The average molecular weight is 376 g/mol. The molecule has 1 aromatic heterocycles. The fraction of sp³-hybridized carbons (Fsp3) is 0.412. The molecule has 9 heteroatoms. The molecule has 1 atom stereocenters. The molecule has 2 aromatic rings. The molecule has 138 valence electrons. The van der Waals surface area contributed by atoms with Crippen molar-refractivity contribution in [3.63, 3.8) is 0 Å². The van der Waals surface area contributed by atoms with Gasteiger partial charge in [0.05, 0.1) is 11.5 Å². The summed E-state index contributed by atoms with van der Waals surface area (Å²) in [6.07, 6.45) is 2.28. The highest BCUT2D eigenvalue weighted by atomic mass is 32.2. The highest BCUT2D eigenvalue weighted by Gasteiger charge is 2.32. The van der Waals surface area contributed by atoms with Crippen LogP contribution in [0.2, 0.25) is 0 Å². The standard InChI is InChI=1S/C17H20N4O4S/c1-2-21(13-6-8-26(22,23)10-13)17-18-7-5-16(20-17)19-12-3-4-14-15(9-12)25-11-24-14/h3-5,7,9,13H,2,6,8,10-11H2,1H3,(H,18,19,20). The summed E-state index contributed by atoms with van der Waals surface area (Å²) in [6, 6.07) is 7.27. The minimum atomic E-state index is -2.96. The average Bonchev–Trinajstić information content (AvgIpc) is 3.22. The highest BCUT2D eigenvalue weighted by molar-refractivity contribution is 7.91. The Morgan fingerprint density at radius 1 is 1.27 bits per heavy atom. The number of benzene rings is 1. The van der Waals surface area contributed by atoms with E-state index in [0.29, 0.717) is 30.5 Å². The summed E-state index contributed by atoms with van der Waals surface area (Å²) in [5.74, 6) is 2.95. The van der Waals surface area contributed by atoms with Crippen molar-refractivity contribution in [1.82, 2.24) is 9.97 Å². The number of sulfone groups is 1. The van der Waals surface area contributed by atoms with Crippen LogP contribution >= 0.6 is 0 Å². The molecule has 0 radical (unpaired) electrons. The van der Waals surface area contributed by atoms with Crippen LogP contribution in [0.3, 0.4) is 0 Å². The molecule has 1 aromatic carbocycles. The van der Waals surface area contributed by atoms with E-state index < -0.39 is 9.84 Å². The Kier molecular flexibility index (Phi) is 4.31. The molecule has 1 fully saturated rings. The molecular formula is C17H20N4O4S. The van der Waals surface area contributed by atoms with Crippen LogP contribution in [0.5, 0.6) is 11.5 Å². The number of hydrogen-bond acceptors (Lipinski definition) is 8. The second-order valence-corrected chi connectivity index (χ2v) is 8.51. The molecule has 1 N–H and O–H groups in total. The van der Waals surface area contributed by atoms with Gasteiger partial charge in [0.2, 0.25) is 12.7 Å². The monoisotopic (exact) mass is 376 g/mol. The number of nitrogens with zero attached hydrogens (tertiary/aromatic N) is 3. The van der Waals surface area contributed by atoms with E-state index in [0.717, 1.165) is 11.4 Å². The first kappa shape index (κ1) is 16.9. The lowest BCUT2D eigenvalue weighted by atomic mass is 10.2. The Morgan fingerprint density at radius 2 is 2.12 bits per heavy atom. The van der Waals surface area contributed by atoms with Gasteiger partial charge < -0.3 is 19.7 Å². The van der Waals surface area contributed by atoms with Crippen LogP contribution in [0.15, 0.2) is 30.5 Å². The molecule has 0 amide bonds. The van der Waals surface area contributed by atoms with Crippen molar-refractivity contribution in [1.29, 1.82) is 0 Å². The molecule has 8 nitrogen and oxygen atoms in total. The SMILES string of the molecule is CCN(c1nccc(Nc2ccc3c(c2)OCO3)n1)C1CCS(=O)(=O)C1. The van der Waals surface area contributed by atoms with Crippen molar-refractivity contribution in [3.8, 4) is 11.5 Å². The molecule has 0 aliphatic carbocycles. The quantitative estimate of drug-likeness (QED) is 0.846. The van der Waals surface area contributed by atoms with Gasteiger partial charge in [0.25, 0.3) is 0 Å². The lowest BCUT2D eigenvalue weighted by Crippen LogP contribution is -2.37. The second-order valence-electron chi connectivity index (χ2n) is 6.28. The Hall–Kier alpha value is -2.55. The highest BCUT2D eigenvalue weighted by Crippen LogP contribution is 2.35. The van der Waals surface area contributed by atoms with Gasteiger partial charge in [-0.05, 0) is 31.5 Å². The fourth-order valence-corrected chi connectivity index (χ4v) is 4.99. The van der Waals surface area contributed by atoms with E-state index in [1.54, 1.807) is 12.3 Å². The topological polar surface area (TPSA) is 93.7 Å². The van der Waals surface area contributed by atoms with Gasteiger partial charge in [-0.1, -0.05) is 0 Å². The molecular weight excluding hydrogens is 356 g/mol. The van der Waals surface area contributed by atoms with Crippen LogP contribution in [0.1, 0.15) is 13.3 Å². The zero-order valence-corrected chi connectivity index (χ0v) is 15.2. The molecule has 4 rings (SSSR count). The van der Waals surface area contributed by atoms with Gasteiger partial charge in [0.15, 0.2) is 21.3 Å². The van der Waals surface area contributed by atoms with Crippen molar-refractivity contribution in [2.45, 2.75) is 19.4 Å². The van der Waals surface area contributed by atoms with Gasteiger partial charge in [0, 0.05) is 30.5 Å². The van der Waals surface area contributed by atoms with Crippen LogP contribution in [0.25, 0.3) is 0 Å². The molecule has 0 spiro atoms. The summed E-state index contributed by atoms with van der Waals surface area (Å²) in [4.78, 5) is 10.9. The summed E-state index contributed by atoms with van der Waals surface area (Å²) >= 11 is 0. The van der Waals surface area contributed by atoms with E-state index in [9.17, 15) is 8.42 Å². The third kappa shape index (κ3) is 3.39. The maximum Gasteiger partial charge on any atom is 0.231 e. The number of rotatable bonds is 5. The third-order valence-corrected chi connectivity index (χ3v) is 6.28. The zero-order chi connectivity index (χ0) is 18.1. The predicted octanol–water partition coefficient (Wildman–Crippen LogP) is 1.96. The van der Waals surface area contributed by atoms with Crippen molar-refractivity contribution in [2.75, 3.05) is 35.1 Å². The molecule has 3 heterocycles. The molecule has 2 aliphatic rings. The Morgan fingerprint density at radius 3 is 2.88 bits per heavy atom. The van der Waals surface area contributed by atoms with Gasteiger partial charge in [-0.25, -0.2) is 13.4 Å². The van der Waals surface area contributed by atoms with Crippen LogP contribution < -0.4 is 19.7 Å². The van der Waals surface area contributed by atoms with Gasteiger partial charge in [0.1, 0.15) is 5.82 Å². The lowest BCUT2D eigenvalue weighted by molar-refractivity contribution is 0.174. The van der Waals surface area contributed by atoms with Gasteiger partial charge in [-0.2, -0.15) is 4.98 Å². The molecule has 26 heavy (non-hydrogen) atoms. The van der Waals surface area contributed by atoms with Gasteiger partial charge >= 0.3 is 0 Å². The Labute approximate surface area is 152 Å². The number of ether oxygens (including phenoxy) is 2. The predicted molar refractivity (Wildman–Crippen MR) is 98.0 cm³/mol. The van der Waals surface area contributed by atoms with Crippen molar-refractivity contribution >= 4 is 27.3 Å². The lowest BCUT2D eigenvalue weighted by Gasteiger charge is -2.26. The Balaban J connectivity index is 1.54. The number of nitrogens with one attached hydrogen (secondary N) is 1. The zero-order valence-electron chi connectivity index (χ0n) is 14.4. The second kappa shape index (κ2) is 6.64. The maximum absolute atomic E-state index is 11.8. The first-order valence-electron chi connectivity index (χ1n) is 8.51. The van der Waals surface area contributed by atoms with E-state index in [2.05, 4.69) is 15.3 Å². The first-order chi connectivity index (χ1) is 12.5. The minimum Gasteiger partial charge on any atom is -0.454 e. The molecule has 1 unspecified atom stereocenters. The fourth-order valence-electron chi connectivity index (χ4n) is 3.26. The summed E-state index contributed by atoms with van der Waals surface area (Å²) in [5.41, 5.74) is 0.824. The van der Waals surface area contributed by atoms with Crippen molar-refractivity contribution in [2.24, 2.45) is 0 Å². The van der Waals surface area contributed by atoms with Crippen LogP contribution in [0.4, 0.5) is 17.5 Å². The van der Waals surface area contributed by atoms with E-state index in [1.165, 1.54) is 0 Å². The van der Waals surface area contributed by atoms with E-state index in [1.807, 2.05) is 30.0 Å². The summed E-state index contributed by atoms with van der Waals surface area (Å²) in [6.45, 7) is 2.85. The smallest absolute Gasteiger partial charge is 0.231 e. The minimum absolute atomic E-state index is 0.0780. The van der Waals surface area contributed by atoms with Crippen LogP contribution in [0, 0.1) is 0 Å². The molecule has 0 saturated carbocycles. The van der Waals surface area contributed by atoms with E-state index >= 15 is 0 Å². The van der Waals surface area contributed by atoms with Crippen molar-refractivity contribution in [3.05, 3.63) is 30.5 Å². The molecule has 0 bridgehead atoms. The van der Waals surface area contributed by atoms with E-state index in [4.69, 9.17) is 9.47 Å². The van der Waals surface area contributed by atoms with E-state index in [-0.39, 0.29) is 24.3 Å². The number of aromatic nitrogens is 2. The molecule has 2 aliphatic heterocycles. The largest absolute Gasteiger partial charge is 0.454 e. The molecule has 1 saturated heterocycles. The first-order valence-corrected chi connectivity index (χ1v) is 10.3. The summed E-state index contributed by atoms with van der Waals surface area (Å²) in [7, 11) is -2.96. The normalized spacial score (nSPS) is 20.1. The number of anilines is 3. The summed E-state index contributed by atoms with van der Waals surface area (Å²) < 4.78 is 34.3. The van der Waals surface area contributed by atoms with Gasteiger partial charge in [-0.3, -0.25) is 0 Å². The van der Waals surface area contributed by atoms with Gasteiger partial charge in [-0.15, -0.1) is 0 Å². The van der Waals surface area contributed by atoms with Crippen LogP contribution in [-0.4, -0.2) is 49.3 Å². The number of fused-ring (bicyclic) bond motifs is 1. The maximum atomic E-state index is 11.8. The van der Waals surface area contributed by atoms with Crippen LogP contribution in [-0.2, 0) is 9.84 Å². The Bertz CT molecular complexity index is 919. The number of hydrogen-bond donors (Lipinski definition) is 1. The third-order valence-electron chi connectivity index (χ3n) is 4.53.